The maximum atomic E-state index is 6.42. The standard InChI is InChI=1S/C14H16N2OS/c15-13-11-6-2-1-4-10(11)5-3-7-12(13)18-14-16-8-9-17-14/h1-2,4,6,8-9,12-13H,3,5,7,15H2. The van der Waals surface area contributed by atoms with E-state index in [1.165, 1.54) is 17.5 Å². The first-order valence-electron chi connectivity index (χ1n) is 6.24. The van der Waals surface area contributed by atoms with Gasteiger partial charge in [-0.2, -0.15) is 0 Å². The van der Waals surface area contributed by atoms with E-state index in [0.717, 1.165) is 18.1 Å². The molecule has 0 radical (unpaired) electrons. The highest BCUT2D eigenvalue weighted by atomic mass is 32.2. The van der Waals surface area contributed by atoms with E-state index in [1.807, 2.05) is 0 Å². The van der Waals surface area contributed by atoms with E-state index >= 15 is 0 Å². The minimum Gasteiger partial charge on any atom is -0.440 e. The summed E-state index contributed by atoms with van der Waals surface area (Å²) in [6.45, 7) is 0. The van der Waals surface area contributed by atoms with Gasteiger partial charge in [-0.05, 0) is 30.4 Å². The van der Waals surface area contributed by atoms with Crippen LogP contribution in [0, 0.1) is 0 Å². The Bertz CT molecular complexity index is 512. The topological polar surface area (TPSA) is 52.0 Å². The highest BCUT2D eigenvalue weighted by Gasteiger charge is 2.26. The van der Waals surface area contributed by atoms with Crippen LogP contribution in [-0.4, -0.2) is 10.2 Å². The van der Waals surface area contributed by atoms with Crippen molar-refractivity contribution in [3.8, 4) is 0 Å². The molecular weight excluding hydrogens is 244 g/mol. The fourth-order valence-electron chi connectivity index (χ4n) is 2.49. The second-order valence-electron chi connectivity index (χ2n) is 4.57. The maximum Gasteiger partial charge on any atom is 0.255 e. The average Bonchev–Trinajstić information content (AvgIpc) is 2.85. The zero-order valence-electron chi connectivity index (χ0n) is 10.1. The fraction of sp³-hybridized carbons (Fsp3) is 0.357. The molecule has 0 saturated carbocycles. The van der Waals surface area contributed by atoms with Crippen LogP contribution in [0.4, 0.5) is 0 Å². The van der Waals surface area contributed by atoms with Crippen LogP contribution < -0.4 is 5.73 Å². The number of thioether (sulfide) groups is 1. The van der Waals surface area contributed by atoms with Crippen LogP contribution in [0.5, 0.6) is 0 Å². The summed E-state index contributed by atoms with van der Waals surface area (Å²) >= 11 is 1.65. The monoisotopic (exact) mass is 260 g/mol. The van der Waals surface area contributed by atoms with E-state index in [1.54, 1.807) is 24.2 Å². The summed E-state index contributed by atoms with van der Waals surface area (Å²) in [4.78, 5) is 4.17. The molecule has 0 saturated heterocycles. The highest BCUT2D eigenvalue weighted by Crippen LogP contribution is 2.37. The number of nitrogens with zero attached hydrogens (tertiary/aromatic N) is 1. The molecule has 0 spiro atoms. The molecule has 1 aromatic carbocycles. The Kier molecular flexibility index (Phi) is 3.39. The van der Waals surface area contributed by atoms with Crippen molar-refractivity contribution in [3.05, 3.63) is 47.9 Å². The van der Waals surface area contributed by atoms with Crippen molar-refractivity contribution in [2.24, 2.45) is 5.73 Å². The number of aryl methyl sites for hydroxylation is 1. The van der Waals surface area contributed by atoms with E-state index in [9.17, 15) is 0 Å². The zero-order valence-corrected chi connectivity index (χ0v) is 10.9. The molecule has 1 heterocycles. The second-order valence-corrected chi connectivity index (χ2v) is 5.76. The molecule has 94 valence electrons. The first-order chi connectivity index (χ1) is 8.84. The Labute approximate surface area is 111 Å². The Morgan fingerprint density at radius 2 is 2.22 bits per heavy atom. The molecule has 0 fully saturated rings. The van der Waals surface area contributed by atoms with Gasteiger partial charge in [0.1, 0.15) is 6.26 Å². The third-order valence-corrected chi connectivity index (χ3v) is 4.65. The van der Waals surface area contributed by atoms with E-state index in [0.29, 0.717) is 5.25 Å². The molecule has 2 N–H and O–H groups in total. The van der Waals surface area contributed by atoms with Gasteiger partial charge in [0.25, 0.3) is 5.22 Å². The Hall–Kier alpha value is -1.26. The van der Waals surface area contributed by atoms with Crippen LogP contribution in [0.2, 0.25) is 0 Å². The Morgan fingerprint density at radius 3 is 3.06 bits per heavy atom. The molecule has 1 aliphatic carbocycles. The molecule has 3 rings (SSSR count). The number of benzene rings is 1. The summed E-state index contributed by atoms with van der Waals surface area (Å²) in [6, 6.07) is 8.55. The lowest BCUT2D eigenvalue weighted by Crippen LogP contribution is -2.23. The Balaban J connectivity index is 1.85. The molecule has 18 heavy (non-hydrogen) atoms. The number of hydrogen-bond donors (Lipinski definition) is 1. The van der Waals surface area contributed by atoms with Crippen LogP contribution in [0.15, 0.2) is 46.4 Å². The van der Waals surface area contributed by atoms with Crippen molar-refractivity contribution < 1.29 is 4.42 Å². The van der Waals surface area contributed by atoms with Crippen molar-refractivity contribution in [3.63, 3.8) is 0 Å². The predicted octanol–water partition coefficient (Wildman–Crippen LogP) is 3.17. The lowest BCUT2D eigenvalue weighted by atomic mass is 10.00. The van der Waals surface area contributed by atoms with E-state index in [2.05, 4.69) is 29.2 Å². The highest BCUT2D eigenvalue weighted by molar-refractivity contribution is 7.99. The number of aromatic nitrogens is 1. The number of fused-ring (bicyclic) bond motifs is 1. The molecule has 0 amide bonds. The molecule has 0 bridgehead atoms. The van der Waals surface area contributed by atoms with Gasteiger partial charge in [-0.1, -0.05) is 36.0 Å². The number of oxazole rings is 1. The van der Waals surface area contributed by atoms with E-state index in [4.69, 9.17) is 10.2 Å². The van der Waals surface area contributed by atoms with Gasteiger partial charge in [-0.15, -0.1) is 0 Å². The molecule has 3 nitrogen and oxygen atoms in total. The number of nitrogens with two attached hydrogens (primary N) is 1. The fourth-order valence-corrected chi connectivity index (χ4v) is 3.56. The van der Waals surface area contributed by atoms with Crippen LogP contribution >= 0.6 is 11.8 Å². The largest absolute Gasteiger partial charge is 0.440 e. The van der Waals surface area contributed by atoms with Crippen LogP contribution in [0.3, 0.4) is 0 Å². The lowest BCUT2D eigenvalue weighted by Gasteiger charge is -2.20. The van der Waals surface area contributed by atoms with Crippen LogP contribution in [-0.2, 0) is 6.42 Å². The minimum absolute atomic E-state index is 0.0561. The molecule has 1 aliphatic rings. The van der Waals surface area contributed by atoms with Gasteiger partial charge in [0.2, 0.25) is 0 Å². The van der Waals surface area contributed by atoms with Gasteiger partial charge in [0.15, 0.2) is 0 Å². The lowest BCUT2D eigenvalue weighted by molar-refractivity contribution is 0.451. The van der Waals surface area contributed by atoms with Crippen molar-refractivity contribution >= 4 is 11.8 Å². The molecule has 2 unspecified atom stereocenters. The summed E-state index contributed by atoms with van der Waals surface area (Å²) in [5.74, 6) is 0. The quantitative estimate of drug-likeness (QED) is 0.843. The van der Waals surface area contributed by atoms with Crippen LogP contribution in [0.25, 0.3) is 0 Å². The SMILES string of the molecule is NC1c2ccccc2CCCC1Sc1ncco1. The van der Waals surface area contributed by atoms with Crippen molar-refractivity contribution in [2.45, 2.75) is 35.8 Å². The predicted molar refractivity (Wildman–Crippen MR) is 72.5 cm³/mol. The molecule has 0 aliphatic heterocycles. The zero-order chi connectivity index (χ0) is 12.4. The normalized spacial score (nSPS) is 23.4. The average molecular weight is 260 g/mol. The molecule has 2 atom stereocenters. The summed E-state index contributed by atoms with van der Waals surface area (Å²) < 4.78 is 5.31. The van der Waals surface area contributed by atoms with Crippen molar-refractivity contribution in [1.82, 2.24) is 4.98 Å². The second kappa shape index (κ2) is 5.16. The smallest absolute Gasteiger partial charge is 0.255 e. The van der Waals surface area contributed by atoms with Gasteiger partial charge in [0, 0.05) is 11.3 Å². The number of rotatable bonds is 2. The summed E-state index contributed by atoms with van der Waals surface area (Å²) in [6.07, 6.45) is 6.68. The first kappa shape index (κ1) is 11.8. The van der Waals surface area contributed by atoms with Gasteiger partial charge in [-0.25, -0.2) is 4.98 Å². The third kappa shape index (κ3) is 2.31. The summed E-state index contributed by atoms with van der Waals surface area (Å²) in [5.41, 5.74) is 9.08. The van der Waals surface area contributed by atoms with Gasteiger partial charge in [0.05, 0.1) is 6.20 Å². The van der Waals surface area contributed by atoms with Crippen molar-refractivity contribution in [2.75, 3.05) is 0 Å². The maximum absolute atomic E-state index is 6.42. The van der Waals surface area contributed by atoms with Gasteiger partial charge >= 0.3 is 0 Å². The molecule has 4 heteroatoms. The Morgan fingerprint density at radius 1 is 1.33 bits per heavy atom. The molecular formula is C14H16N2OS. The van der Waals surface area contributed by atoms with Gasteiger partial charge in [-0.3, -0.25) is 0 Å². The minimum atomic E-state index is 0.0561. The van der Waals surface area contributed by atoms with Crippen LogP contribution in [0.1, 0.15) is 30.0 Å². The van der Waals surface area contributed by atoms with Gasteiger partial charge < -0.3 is 10.2 Å². The van der Waals surface area contributed by atoms with E-state index in [-0.39, 0.29) is 6.04 Å². The summed E-state index contributed by atoms with van der Waals surface area (Å²) in [7, 11) is 0. The van der Waals surface area contributed by atoms with E-state index < -0.39 is 0 Å². The third-order valence-electron chi connectivity index (χ3n) is 3.41. The molecule has 2 aromatic rings. The molecule has 1 aromatic heterocycles. The van der Waals surface area contributed by atoms with Crippen molar-refractivity contribution in [1.29, 1.82) is 0 Å². The number of hydrogen-bond acceptors (Lipinski definition) is 4. The summed E-state index contributed by atoms with van der Waals surface area (Å²) in [5, 5.41) is 1.06. The first-order valence-corrected chi connectivity index (χ1v) is 7.12.